The van der Waals surface area contributed by atoms with Crippen LogP contribution < -0.4 is 20.2 Å². The number of halogens is 1. The summed E-state index contributed by atoms with van der Waals surface area (Å²) in [5.74, 6) is 0.0668. The number of nitrogens with zero attached hydrogens (tertiary/aromatic N) is 1. The van der Waals surface area contributed by atoms with Crippen molar-refractivity contribution in [3.05, 3.63) is 112 Å². The third kappa shape index (κ3) is 5.90. The Morgan fingerprint density at radius 2 is 1.62 bits per heavy atom. The summed E-state index contributed by atoms with van der Waals surface area (Å²) in [6.45, 7) is 0.120. The van der Waals surface area contributed by atoms with Gasteiger partial charge in [0.15, 0.2) is 11.5 Å². The second-order valence-electron chi connectivity index (χ2n) is 7.10. The number of carbonyl (C=O) groups is 2. The van der Waals surface area contributed by atoms with Crippen LogP contribution in [0.4, 0.5) is 0 Å². The van der Waals surface area contributed by atoms with Crippen LogP contribution in [0.15, 0.2) is 95.7 Å². The number of hydrogen-bond acceptors (Lipinski definition) is 5. The summed E-state index contributed by atoms with van der Waals surface area (Å²) < 4.78 is 10.6. The molecule has 0 radical (unpaired) electrons. The summed E-state index contributed by atoms with van der Waals surface area (Å²) in [6, 6.07) is 21.5. The van der Waals surface area contributed by atoms with Crippen molar-refractivity contribution >= 4 is 35.7 Å². The van der Waals surface area contributed by atoms with Crippen molar-refractivity contribution < 1.29 is 19.1 Å². The number of nitrogens with one attached hydrogen (secondary N) is 2. The fraction of sp³-hybridized carbons (Fsp3) is 0.0385. The zero-order valence-corrected chi connectivity index (χ0v) is 18.7. The molecule has 0 atom stereocenters. The molecule has 8 heteroatoms. The van der Waals surface area contributed by atoms with Gasteiger partial charge in [-0.05, 0) is 29.8 Å². The minimum atomic E-state index is -0.602. The smallest absolute Gasteiger partial charge is 0.287 e. The first-order valence-electron chi connectivity index (χ1n) is 10.3. The number of allylic oxidation sites excluding steroid dienone is 2. The Hall–Kier alpha value is -4.36. The van der Waals surface area contributed by atoms with Crippen LogP contribution in [0, 0.1) is 0 Å². The van der Waals surface area contributed by atoms with E-state index in [2.05, 4.69) is 15.8 Å². The maximum absolute atomic E-state index is 12.8. The maximum atomic E-state index is 12.8. The van der Waals surface area contributed by atoms with Crippen molar-refractivity contribution in [2.45, 2.75) is 0 Å². The summed E-state index contributed by atoms with van der Waals surface area (Å²) in [7, 11) is 0. The van der Waals surface area contributed by atoms with E-state index in [4.69, 9.17) is 21.1 Å². The Labute approximate surface area is 201 Å². The van der Waals surface area contributed by atoms with Gasteiger partial charge in [-0.2, -0.15) is 5.10 Å². The number of hydrazone groups is 1. The molecule has 3 aromatic carbocycles. The highest BCUT2D eigenvalue weighted by Gasteiger charge is 2.16. The van der Waals surface area contributed by atoms with Crippen molar-refractivity contribution in [1.82, 2.24) is 10.7 Å². The molecule has 1 aliphatic heterocycles. The van der Waals surface area contributed by atoms with E-state index < -0.39 is 11.8 Å². The van der Waals surface area contributed by atoms with Crippen molar-refractivity contribution in [3.8, 4) is 11.5 Å². The molecule has 7 nitrogen and oxygen atoms in total. The Morgan fingerprint density at radius 1 is 0.941 bits per heavy atom. The van der Waals surface area contributed by atoms with Crippen molar-refractivity contribution in [2.24, 2.45) is 5.10 Å². The lowest BCUT2D eigenvalue weighted by Crippen LogP contribution is -2.32. The van der Waals surface area contributed by atoms with Gasteiger partial charge < -0.3 is 14.8 Å². The molecular formula is C26H20ClN3O4. The largest absolute Gasteiger partial charge is 0.454 e. The van der Waals surface area contributed by atoms with Crippen molar-refractivity contribution in [3.63, 3.8) is 0 Å². The maximum Gasteiger partial charge on any atom is 0.287 e. The summed E-state index contributed by atoms with van der Waals surface area (Å²) in [6.07, 6.45) is 6.39. The molecule has 0 aliphatic carbocycles. The topological polar surface area (TPSA) is 89.0 Å². The zero-order chi connectivity index (χ0) is 23.8. The van der Waals surface area contributed by atoms with Gasteiger partial charge in [-0.1, -0.05) is 72.3 Å². The van der Waals surface area contributed by atoms with Crippen LogP contribution in [0.1, 0.15) is 21.5 Å². The summed E-state index contributed by atoms with van der Waals surface area (Å²) >= 11 is 6.23. The molecule has 0 saturated carbocycles. The average molecular weight is 474 g/mol. The van der Waals surface area contributed by atoms with Crippen LogP contribution in [-0.2, 0) is 4.79 Å². The predicted octanol–water partition coefficient (Wildman–Crippen LogP) is 4.55. The predicted molar refractivity (Wildman–Crippen MR) is 131 cm³/mol. The molecule has 170 valence electrons. The molecule has 0 saturated heterocycles. The van der Waals surface area contributed by atoms with E-state index in [9.17, 15) is 9.59 Å². The number of carbonyl (C=O) groups excluding carboxylic acids is 2. The first-order valence-corrected chi connectivity index (χ1v) is 10.7. The number of hydrogen-bond donors (Lipinski definition) is 2. The number of rotatable bonds is 7. The van der Waals surface area contributed by atoms with E-state index in [0.717, 1.165) is 5.56 Å². The van der Waals surface area contributed by atoms with Gasteiger partial charge in [0.25, 0.3) is 11.8 Å². The van der Waals surface area contributed by atoms with E-state index in [0.29, 0.717) is 27.6 Å². The molecule has 0 spiro atoms. The Balaban J connectivity index is 1.49. The molecule has 2 amide bonds. The van der Waals surface area contributed by atoms with Gasteiger partial charge in [-0.3, -0.25) is 9.59 Å². The molecule has 0 aromatic heterocycles. The molecule has 1 heterocycles. The summed E-state index contributed by atoms with van der Waals surface area (Å²) in [5.41, 5.74) is 4.34. The second-order valence-corrected chi connectivity index (χ2v) is 7.50. The first-order chi connectivity index (χ1) is 16.6. The lowest BCUT2D eigenvalue weighted by molar-refractivity contribution is -0.117. The highest BCUT2D eigenvalue weighted by atomic mass is 35.5. The molecule has 3 aromatic rings. The van der Waals surface area contributed by atoms with Crippen molar-refractivity contribution in [2.75, 3.05) is 6.79 Å². The number of fused-ring (bicyclic) bond motifs is 1. The lowest BCUT2D eigenvalue weighted by atomic mass is 10.2. The number of amides is 2. The van der Waals surface area contributed by atoms with Crippen LogP contribution in [0.3, 0.4) is 0 Å². The molecule has 0 fully saturated rings. The molecule has 34 heavy (non-hydrogen) atoms. The minimum Gasteiger partial charge on any atom is -0.454 e. The molecular weight excluding hydrogens is 454 g/mol. The standard InChI is InChI=1S/C26H20ClN3O4/c27-21-15-24-23(33-17-34-24)14-20(21)16-28-30-26(32)22(13-7-10-18-8-3-1-4-9-18)29-25(31)19-11-5-2-6-12-19/h1-16H,17H2,(H,29,31)(H,30,32)/b10-7+,22-13-,28-16+. The number of benzene rings is 3. The van der Waals surface area contributed by atoms with Crippen LogP contribution >= 0.6 is 11.6 Å². The Bertz CT molecular complexity index is 1270. The number of ether oxygens (including phenoxy) is 2. The molecule has 4 rings (SSSR count). The lowest BCUT2D eigenvalue weighted by Gasteiger charge is -2.08. The van der Waals surface area contributed by atoms with Gasteiger partial charge in [-0.15, -0.1) is 0 Å². The average Bonchev–Trinajstić information content (AvgIpc) is 3.31. The Morgan fingerprint density at radius 3 is 2.35 bits per heavy atom. The first kappa shape index (κ1) is 22.8. The SMILES string of the molecule is O=C(N/N=C/c1cc2c(cc1Cl)OCO2)/C(=C/C=C/c1ccccc1)NC(=O)c1ccccc1. The summed E-state index contributed by atoms with van der Waals surface area (Å²) in [4.78, 5) is 25.4. The van der Waals surface area contributed by atoms with Gasteiger partial charge in [-0.25, -0.2) is 5.43 Å². The van der Waals surface area contributed by atoms with Gasteiger partial charge in [0.2, 0.25) is 6.79 Å². The quantitative estimate of drug-likeness (QED) is 0.228. The fourth-order valence-electron chi connectivity index (χ4n) is 3.03. The van der Waals surface area contributed by atoms with Gasteiger partial charge in [0.1, 0.15) is 5.70 Å². The third-order valence-corrected chi connectivity index (χ3v) is 5.07. The van der Waals surface area contributed by atoms with E-state index in [-0.39, 0.29) is 12.5 Å². The van der Waals surface area contributed by atoms with Gasteiger partial charge in [0.05, 0.1) is 11.2 Å². The summed E-state index contributed by atoms with van der Waals surface area (Å²) in [5, 5.41) is 7.00. The van der Waals surface area contributed by atoms with E-state index in [1.807, 2.05) is 36.4 Å². The normalized spacial score (nSPS) is 12.8. The zero-order valence-electron chi connectivity index (χ0n) is 17.9. The minimum absolute atomic E-state index is 0.0231. The van der Waals surface area contributed by atoms with Gasteiger partial charge >= 0.3 is 0 Å². The van der Waals surface area contributed by atoms with E-state index >= 15 is 0 Å². The fourth-order valence-corrected chi connectivity index (χ4v) is 3.23. The monoisotopic (exact) mass is 473 g/mol. The van der Waals surface area contributed by atoms with Crippen LogP contribution in [-0.4, -0.2) is 24.8 Å². The highest BCUT2D eigenvalue weighted by Crippen LogP contribution is 2.36. The van der Waals surface area contributed by atoms with E-state index in [1.54, 1.807) is 48.5 Å². The second kappa shape index (κ2) is 11.0. The van der Waals surface area contributed by atoms with Crippen LogP contribution in [0.5, 0.6) is 11.5 Å². The van der Waals surface area contributed by atoms with Crippen molar-refractivity contribution in [1.29, 1.82) is 0 Å². The Kier molecular flexibility index (Phi) is 7.37. The van der Waals surface area contributed by atoms with E-state index in [1.165, 1.54) is 12.3 Å². The molecule has 2 N–H and O–H groups in total. The van der Waals surface area contributed by atoms with Crippen LogP contribution in [0.2, 0.25) is 5.02 Å². The van der Waals surface area contributed by atoms with Gasteiger partial charge in [0, 0.05) is 17.2 Å². The highest BCUT2D eigenvalue weighted by molar-refractivity contribution is 6.33. The molecule has 0 unspecified atom stereocenters. The molecule has 1 aliphatic rings. The third-order valence-electron chi connectivity index (χ3n) is 4.74. The molecule has 0 bridgehead atoms. The van der Waals surface area contributed by atoms with Crippen LogP contribution in [0.25, 0.3) is 6.08 Å².